The molecule has 0 atom stereocenters. The van der Waals surface area contributed by atoms with Crippen LogP contribution in [0.4, 0.5) is 0 Å². The first-order valence-corrected chi connectivity index (χ1v) is 6.81. The second-order valence-electron chi connectivity index (χ2n) is 4.77. The number of benzene rings is 1. The zero-order chi connectivity index (χ0) is 15.0. The normalized spacial score (nSPS) is 10.6. The predicted molar refractivity (Wildman–Crippen MR) is 77.3 cm³/mol. The summed E-state index contributed by atoms with van der Waals surface area (Å²) in [6, 6.07) is 4.59. The Morgan fingerprint density at radius 1 is 1.35 bits per heavy atom. The maximum atomic E-state index is 11.8. The molecule has 0 radical (unpaired) electrons. The van der Waals surface area contributed by atoms with Crippen molar-refractivity contribution in [1.82, 2.24) is 5.32 Å². The number of hydrogen-bond acceptors (Lipinski definition) is 4. The highest BCUT2D eigenvalue weighted by molar-refractivity contribution is 5.94. The van der Waals surface area contributed by atoms with E-state index in [2.05, 4.69) is 5.32 Å². The maximum Gasteiger partial charge on any atom is 0.251 e. The molecule has 1 rings (SSSR count). The fourth-order valence-electron chi connectivity index (χ4n) is 1.68. The van der Waals surface area contributed by atoms with Crippen LogP contribution in [0.2, 0.25) is 0 Å². The van der Waals surface area contributed by atoms with E-state index >= 15 is 0 Å². The highest BCUT2D eigenvalue weighted by Crippen LogP contribution is 2.25. The summed E-state index contributed by atoms with van der Waals surface area (Å²) in [5, 5.41) is 12.4. The lowest BCUT2D eigenvalue weighted by atomic mass is 10.2. The number of amides is 1. The van der Waals surface area contributed by atoms with Crippen LogP contribution in [0.1, 0.15) is 37.0 Å². The molecule has 0 bridgehead atoms. The van der Waals surface area contributed by atoms with E-state index in [4.69, 9.17) is 9.47 Å². The topological polar surface area (TPSA) is 67.8 Å². The molecule has 1 aromatic rings. The zero-order valence-electron chi connectivity index (χ0n) is 12.3. The molecule has 112 valence electrons. The Morgan fingerprint density at radius 2 is 2.10 bits per heavy atom. The molecule has 0 aliphatic carbocycles. The minimum Gasteiger partial charge on any atom is -0.504 e. The number of unbranched alkanes of at least 4 members (excludes halogenated alkanes) is 1. The fraction of sp³-hybridized carbons (Fsp3) is 0.533. The Hall–Kier alpha value is -1.75. The van der Waals surface area contributed by atoms with Crippen LogP contribution in [0.15, 0.2) is 18.2 Å². The van der Waals surface area contributed by atoms with Gasteiger partial charge < -0.3 is 19.9 Å². The highest BCUT2D eigenvalue weighted by Gasteiger charge is 2.08. The SMILES string of the molecule is COc1ccc(C(=O)NCCCCOC(C)C)cc1O. The lowest BCUT2D eigenvalue weighted by molar-refractivity contribution is 0.0754. The average Bonchev–Trinajstić information content (AvgIpc) is 2.42. The number of methoxy groups -OCH3 is 1. The first-order chi connectivity index (χ1) is 9.54. The minimum atomic E-state index is -0.201. The van der Waals surface area contributed by atoms with E-state index in [-0.39, 0.29) is 17.8 Å². The van der Waals surface area contributed by atoms with Gasteiger partial charge in [-0.15, -0.1) is 0 Å². The summed E-state index contributed by atoms with van der Waals surface area (Å²) < 4.78 is 10.3. The molecule has 2 N–H and O–H groups in total. The van der Waals surface area contributed by atoms with Crippen LogP contribution in [-0.4, -0.2) is 37.4 Å². The molecule has 5 heteroatoms. The van der Waals surface area contributed by atoms with Crippen molar-refractivity contribution in [1.29, 1.82) is 0 Å². The number of ether oxygens (including phenoxy) is 2. The van der Waals surface area contributed by atoms with Crippen molar-refractivity contribution in [2.24, 2.45) is 0 Å². The third kappa shape index (κ3) is 5.48. The van der Waals surface area contributed by atoms with Crippen LogP contribution >= 0.6 is 0 Å². The first kappa shape index (κ1) is 16.3. The average molecular weight is 281 g/mol. The molecule has 1 aromatic carbocycles. The number of hydrogen-bond donors (Lipinski definition) is 2. The monoisotopic (exact) mass is 281 g/mol. The summed E-state index contributed by atoms with van der Waals surface area (Å²) in [5.74, 6) is 0.116. The van der Waals surface area contributed by atoms with Gasteiger partial charge in [0, 0.05) is 18.7 Å². The molecule has 0 aliphatic heterocycles. The molecule has 0 spiro atoms. The molecule has 5 nitrogen and oxygen atoms in total. The Labute approximate surface area is 119 Å². The Bertz CT molecular complexity index is 432. The molecule has 0 saturated carbocycles. The Morgan fingerprint density at radius 3 is 2.70 bits per heavy atom. The van der Waals surface area contributed by atoms with E-state index < -0.39 is 0 Å². The van der Waals surface area contributed by atoms with Crippen LogP contribution in [0.25, 0.3) is 0 Å². The van der Waals surface area contributed by atoms with Crippen molar-refractivity contribution in [3.63, 3.8) is 0 Å². The number of carbonyl (C=O) groups is 1. The fourth-order valence-corrected chi connectivity index (χ4v) is 1.68. The van der Waals surface area contributed by atoms with Crippen LogP contribution in [0.5, 0.6) is 11.5 Å². The lowest BCUT2D eigenvalue weighted by Gasteiger charge is -2.09. The van der Waals surface area contributed by atoms with Crippen molar-refractivity contribution in [3.05, 3.63) is 23.8 Å². The Balaban J connectivity index is 2.31. The smallest absolute Gasteiger partial charge is 0.251 e. The molecule has 0 unspecified atom stereocenters. The van der Waals surface area contributed by atoms with Gasteiger partial charge in [0.25, 0.3) is 5.91 Å². The molecule has 0 heterocycles. The zero-order valence-corrected chi connectivity index (χ0v) is 12.3. The Kier molecular flexibility index (Phi) is 6.87. The molecule has 20 heavy (non-hydrogen) atoms. The van der Waals surface area contributed by atoms with Crippen molar-refractivity contribution >= 4 is 5.91 Å². The number of carbonyl (C=O) groups excluding carboxylic acids is 1. The van der Waals surface area contributed by atoms with Gasteiger partial charge in [0.2, 0.25) is 0 Å². The van der Waals surface area contributed by atoms with Crippen LogP contribution < -0.4 is 10.1 Å². The van der Waals surface area contributed by atoms with E-state index in [0.29, 0.717) is 24.5 Å². The standard InChI is InChI=1S/C15H23NO4/c1-11(2)20-9-5-4-8-16-15(18)12-6-7-14(19-3)13(17)10-12/h6-7,10-11,17H,4-5,8-9H2,1-3H3,(H,16,18). The van der Waals surface area contributed by atoms with Crippen molar-refractivity contribution in [2.75, 3.05) is 20.3 Å². The second kappa shape index (κ2) is 8.43. The summed E-state index contributed by atoms with van der Waals surface area (Å²) in [4.78, 5) is 11.8. The van der Waals surface area contributed by atoms with Crippen LogP contribution in [-0.2, 0) is 4.74 Å². The summed E-state index contributed by atoms with van der Waals surface area (Å²) in [6.45, 7) is 5.29. The van der Waals surface area contributed by atoms with Crippen LogP contribution in [0.3, 0.4) is 0 Å². The van der Waals surface area contributed by atoms with Crippen molar-refractivity contribution in [2.45, 2.75) is 32.8 Å². The van der Waals surface area contributed by atoms with E-state index in [1.54, 1.807) is 12.1 Å². The summed E-state index contributed by atoms with van der Waals surface area (Å²) in [5.41, 5.74) is 0.418. The molecule has 0 aromatic heterocycles. The number of aromatic hydroxyl groups is 1. The highest BCUT2D eigenvalue weighted by atomic mass is 16.5. The maximum absolute atomic E-state index is 11.8. The quantitative estimate of drug-likeness (QED) is 0.718. The van der Waals surface area contributed by atoms with Crippen LogP contribution in [0, 0.1) is 0 Å². The molecule has 0 saturated heterocycles. The minimum absolute atomic E-state index is 0.0366. The second-order valence-corrected chi connectivity index (χ2v) is 4.77. The van der Waals surface area contributed by atoms with Gasteiger partial charge >= 0.3 is 0 Å². The van der Waals surface area contributed by atoms with Crippen molar-refractivity contribution in [3.8, 4) is 11.5 Å². The summed E-state index contributed by atoms with van der Waals surface area (Å²) in [6.07, 6.45) is 2.01. The number of rotatable bonds is 8. The third-order valence-electron chi connectivity index (χ3n) is 2.75. The van der Waals surface area contributed by atoms with Gasteiger partial charge in [-0.2, -0.15) is 0 Å². The van der Waals surface area contributed by atoms with E-state index in [0.717, 1.165) is 12.8 Å². The van der Waals surface area contributed by atoms with E-state index in [9.17, 15) is 9.90 Å². The van der Waals surface area contributed by atoms with Crippen molar-refractivity contribution < 1.29 is 19.4 Å². The van der Waals surface area contributed by atoms with E-state index in [1.165, 1.54) is 13.2 Å². The van der Waals surface area contributed by atoms with Gasteiger partial charge in [-0.05, 0) is 44.9 Å². The number of phenolic OH excluding ortho intramolecular Hbond substituents is 1. The van der Waals surface area contributed by atoms with Gasteiger partial charge in [0.1, 0.15) is 0 Å². The van der Waals surface area contributed by atoms with Gasteiger partial charge in [0.15, 0.2) is 11.5 Å². The van der Waals surface area contributed by atoms with Gasteiger partial charge in [0.05, 0.1) is 13.2 Å². The molecular formula is C15H23NO4. The molecule has 0 fully saturated rings. The summed E-state index contributed by atoms with van der Waals surface area (Å²) >= 11 is 0. The molecular weight excluding hydrogens is 258 g/mol. The third-order valence-corrected chi connectivity index (χ3v) is 2.75. The van der Waals surface area contributed by atoms with Gasteiger partial charge in [-0.3, -0.25) is 4.79 Å². The first-order valence-electron chi connectivity index (χ1n) is 6.81. The molecule has 1 amide bonds. The predicted octanol–water partition coefficient (Wildman–Crippen LogP) is 2.34. The number of phenols is 1. The largest absolute Gasteiger partial charge is 0.504 e. The van der Waals surface area contributed by atoms with Gasteiger partial charge in [-0.1, -0.05) is 0 Å². The summed E-state index contributed by atoms with van der Waals surface area (Å²) in [7, 11) is 1.47. The van der Waals surface area contributed by atoms with E-state index in [1.807, 2.05) is 13.8 Å². The lowest BCUT2D eigenvalue weighted by Crippen LogP contribution is -2.24. The van der Waals surface area contributed by atoms with Gasteiger partial charge in [-0.25, -0.2) is 0 Å². The molecule has 0 aliphatic rings. The number of nitrogens with one attached hydrogen (secondary N) is 1.